The molecule has 1 N–H and O–H groups in total. The van der Waals surface area contributed by atoms with E-state index in [-0.39, 0.29) is 30.8 Å². The number of hydrogen-bond donors (Lipinski definition) is 1. The molecule has 1 aromatic rings. The van der Waals surface area contributed by atoms with E-state index < -0.39 is 30.3 Å². The van der Waals surface area contributed by atoms with Crippen LogP contribution in [0, 0.1) is 5.92 Å². The zero-order valence-corrected chi connectivity index (χ0v) is 20.9. The molecule has 8 nitrogen and oxygen atoms in total. The van der Waals surface area contributed by atoms with Gasteiger partial charge in [-0.1, -0.05) is 20.8 Å². The summed E-state index contributed by atoms with van der Waals surface area (Å²) in [6.45, 7) is 10.8. The van der Waals surface area contributed by atoms with Crippen LogP contribution in [0.5, 0.6) is 0 Å². The first kappa shape index (κ1) is 25.6. The topological polar surface area (TPSA) is 82.2 Å². The molecule has 192 valence electrons. The molecular formula is C26H37FN4O4. The molecule has 0 radical (unpaired) electrons. The van der Waals surface area contributed by atoms with Crippen molar-refractivity contribution in [3.63, 3.8) is 0 Å². The van der Waals surface area contributed by atoms with Crippen molar-refractivity contribution in [1.82, 2.24) is 15.1 Å². The van der Waals surface area contributed by atoms with E-state index in [0.717, 1.165) is 44.8 Å². The molecule has 1 aromatic carbocycles. The SMILES string of the molecule is CCCN1CCN(c2ccc(C(=O)NC(CC(C)C)C(=O)N3C[C@H](F)[C@H]4OCC(=O)[C@H]43)cc2)CC1. The number of halogens is 1. The number of carbonyl (C=O) groups excluding carboxylic acids is 3. The van der Waals surface area contributed by atoms with Crippen molar-refractivity contribution < 1.29 is 23.5 Å². The Kier molecular flexibility index (Phi) is 8.06. The van der Waals surface area contributed by atoms with Gasteiger partial charge in [0.2, 0.25) is 5.91 Å². The van der Waals surface area contributed by atoms with E-state index in [1.165, 1.54) is 4.90 Å². The van der Waals surface area contributed by atoms with Crippen LogP contribution in [0.3, 0.4) is 0 Å². The van der Waals surface area contributed by atoms with Gasteiger partial charge in [0, 0.05) is 37.4 Å². The van der Waals surface area contributed by atoms with Crippen molar-refractivity contribution in [2.24, 2.45) is 5.92 Å². The predicted octanol–water partition coefficient (Wildman–Crippen LogP) is 1.88. The molecule has 0 saturated carbocycles. The van der Waals surface area contributed by atoms with Gasteiger partial charge in [-0.25, -0.2) is 4.39 Å². The Balaban J connectivity index is 1.40. The number of Topliss-reactive ketones (excluding diaryl/α,β-unsaturated/α-hetero) is 1. The largest absolute Gasteiger partial charge is 0.369 e. The molecule has 9 heteroatoms. The summed E-state index contributed by atoms with van der Waals surface area (Å²) in [5.74, 6) is -0.954. The van der Waals surface area contributed by atoms with Crippen LogP contribution in [0.2, 0.25) is 0 Å². The molecule has 0 bridgehead atoms. The van der Waals surface area contributed by atoms with E-state index in [1.807, 2.05) is 26.0 Å². The van der Waals surface area contributed by atoms with Gasteiger partial charge in [0.05, 0.1) is 6.54 Å². The van der Waals surface area contributed by atoms with E-state index in [1.54, 1.807) is 12.1 Å². The van der Waals surface area contributed by atoms with E-state index in [4.69, 9.17) is 4.74 Å². The third-order valence-corrected chi connectivity index (χ3v) is 7.12. The monoisotopic (exact) mass is 488 g/mol. The quantitative estimate of drug-likeness (QED) is 0.602. The summed E-state index contributed by atoms with van der Waals surface area (Å²) in [5.41, 5.74) is 1.53. The van der Waals surface area contributed by atoms with Crippen LogP contribution >= 0.6 is 0 Å². The summed E-state index contributed by atoms with van der Waals surface area (Å²) in [6.07, 6.45) is -0.757. The van der Waals surface area contributed by atoms with Crippen molar-refractivity contribution in [1.29, 1.82) is 0 Å². The number of carbonyl (C=O) groups is 3. The number of benzene rings is 1. The Hall–Kier alpha value is -2.52. The second kappa shape index (κ2) is 11.0. The number of hydrogen-bond acceptors (Lipinski definition) is 6. The van der Waals surface area contributed by atoms with Gasteiger partial charge in [0.15, 0.2) is 5.78 Å². The Morgan fingerprint density at radius 2 is 1.83 bits per heavy atom. The van der Waals surface area contributed by atoms with Crippen molar-refractivity contribution >= 4 is 23.3 Å². The van der Waals surface area contributed by atoms with Gasteiger partial charge in [-0.15, -0.1) is 0 Å². The molecule has 1 unspecified atom stereocenters. The highest BCUT2D eigenvalue weighted by molar-refractivity contribution is 5.99. The number of ether oxygens (including phenoxy) is 1. The highest BCUT2D eigenvalue weighted by atomic mass is 19.1. The average molecular weight is 489 g/mol. The molecule has 3 aliphatic heterocycles. The molecule has 3 saturated heterocycles. The molecule has 0 spiro atoms. The van der Waals surface area contributed by atoms with Crippen LogP contribution in [0.25, 0.3) is 0 Å². The molecule has 35 heavy (non-hydrogen) atoms. The second-order valence-electron chi connectivity index (χ2n) is 10.2. The van der Waals surface area contributed by atoms with Crippen molar-refractivity contribution in [3.05, 3.63) is 29.8 Å². The average Bonchev–Trinajstić information content (AvgIpc) is 3.39. The maximum absolute atomic E-state index is 14.4. The highest BCUT2D eigenvalue weighted by Gasteiger charge is 2.53. The van der Waals surface area contributed by atoms with Gasteiger partial charge in [0.1, 0.15) is 31.0 Å². The van der Waals surface area contributed by atoms with Crippen LogP contribution in [-0.2, 0) is 14.3 Å². The van der Waals surface area contributed by atoms with E-state index in [0.29, 0.717) is 12.0 Å². The van der Waals surface area contributed by atoms with E-state index >= 15 is 0 Å². The van der Waals surface area contributed by atoms with Crippen LogP contribution in [0.4, 0.5) is 10.1 Å². The fraction of sp³-hybridized carbons (Fsp3) is 0.654. The molecule has 0 aromatic heterocycles. The Morgan fingerprint density at radius 3 is 2.46 bits per heavy atom. The third kappa shape index (κ3) is 5.67. The Labute approximate surface area is 206 Å². The van der Waals surface area contributed by atoms with Crippen LogP contribution in [-0.4, -0.2) is 97.6 Å². The lowest BCUT2D eigenvalue weighted by atomic mass is 10.0. The number of alkyl halides is 1. The first-order chi connectivity index (χ1) is 16.8. The molecule has 0 aliphatic carbocycles. The summed E-state index contributed by atoms with van der Waals surface area (Å²) in [4.78, 5) is 44.7. The van der Waals surface area contributed by atoms with Crippen molar-refractivity contribution in [2.75, 3.05) is 50.8 Å². The first-order valence-electron chi connectivity index (χ1n) is 12.8. The van der Waals surface area contributed by atoms with Gasteiger partial charge in [0.25, 0.3) is 5.91 Å². The number of piperazine rings is 1. The zero-order valence-electron chi connectivity index (χ0n) is 20.9. The first-order valence-corrected chi connectivity index (χ1v) is 12.8. The molecular weight excluding hydrogens is 451 g/mol. The maximum Gasteiger partial charge on any atom is 0.251 e. The molecule has 3 fully saturated rings. The Morgan fingerprint density at radius 1 is 1.14 bits per heavy atom. The van der Waals surface area contributed by atoms with Crippen molar-refractivity contribution in [2.45, 2.75) is 58.0 Å². The summed E-state index contributed by atoms with van der Waals surface area (Å²) < 4.78 is 19.7. The number of likely N-dealkylation sites (tertiary alicyclic amines) is 1. The van der Waals surface area contributed by atoms with Crippen LogP contribution in [0.15, 0.2) is 24.3 Å². The van der Waals surface area contributed by atoms with Gasteiger partial charge in [-0.2, -0.15) is 0 Å². The van der Waals surface area contributed by atoms with Gasteiger partial charge in [-0.3, -0.25) is 19.3 Å². The number of fused-ring (bicyclic) bond motifs is 1. The number of rotatable bonds is 8. The van der Waals surface area contributed by atoms with E-state index in [2.05, 4.69) is 22.0 Å². The standard InChI is InChI=1S/C26H37FN4O4/c1-4-9-29-10-12-30(13-11-29)19-7-5-18(6-8-19)25(33)28-21(14-17(2)3)26(34)31-15-20(27)24-23(31)22(32)16-35-24/h5-8,17,20-21,23-24H,4,9-16H2,1-3H3,(H,28,33)/t20-,21?,23+,24+/m0/s1. The highest BCUT2D eigenvalue weighted by Crippen LogP contribution is 2.30. The maximum atomic E-state index is 14.4. The minimum absolute atomic E-state index is 0.119. The van der Waals surface area contributed by atoms with Crippen LogP contribution in [0.1, 0.15) is 44.0 Å². The fourth-order valence-electron chi connectivity index (χ4n) is 5.33. The van der Waals surface area contributed by atoms with Gasteiger partial charge >= 0.3 is 0 Å². The molecule has 2 amide bonds. The zero-order chi connectivity index (χ0) is 25.1. The lowest BCUT2D eigenvalue weighted by molar-refractivity contribution is -0.138. The number of ketones is 1. The fourth-order valence-corrected chi connectivity index (χ4v) is 5.33. The predicted molar refractivity (Wildman–Crippen MR) is 131 cm³/mol. The van der Waals surface area contributed by atoms with Crippen LogP contribution < -0.4 is 10.2 Å². The smallest absolute Gasteiger partial charge is 0.251 e. The Bertz CT molecular complexity index is 916. The number of nitrogens with zero attached hydrogens (tertiary/aromatic N) is 3. The molecule has 3 heterocycles. The van der Waals surface area contributed by atoms with E-state index in [9.17, 15) is 18.8 Å². The lowest BCUT2D eigenvalue weighted by Crippen LogP contribution is -2.52. The summed E-state index contributed by atoms with van der Waals surface area (Å²) in [6, 6.07) is 5.69. The second-order valence-corrected chi connectivity index (χ2v) is 10.2. The number of nitrogens with one attached hydrogen (secondary N) is 1. The summed E-state index contributed by atoms with van der Waals surface area (Å²) in [7, 11) is 0. The summed E-state index contributed by atoms with van der Waals surface area (Å²) in [5, 5.41) is 2.84. The minimum atomic E-state index is -1.40. The molecule has 3 aliphatic rings. The summed E-state index contributed by atoms with van der Waals surface area (Å²) >= 11 is 0. The van der Waals surface area contributed by atoms with Gasteiger partial charge in [-0.05, 0) is 49.6 Å². The minimum Gasteiger partial charge on any atom is -0.369 e. The number of anilines is 1. The number of amides is 2. The molecule has 4 rings (SSSR count). The molecule has 4 atom stereocenters. The lowest BCUT2D eigenvalue weighted by Gasteiger charge is -2.36. The van der Waals surface area contributed by atoms with Gasteiger partial charge < -0.3 is 19.9 Å². The van der Waals surface area contributed by atoms with Crippen molar-refractivity contribution in [3.8, 4) is 0 Å². The normalized spacial score (nSPS) is 25.7. The third-order valence-electron chi connectivity index (χ3n) is 7.12.